The van der Waals surface area contributed by atoms with Gasteiger partial charge in [-0.1, -0.05) is 41.4 Å². The van der Waals surface area contributed by atoms with Crippen LogP contribution in [0, 0.1) is 6.92 Å². The summed E-state index contributed by atoms with van der Waals surface area (Å²) in [5.74, 6) is -0.385. The summed E-state index contributed by atoms with van der Waals surface area (Å²) < 4.78 is 33.9. The number of halogens is 1. The van der Waals surface area contributed by atoms with Crippen molar-refractivity contribution in [3.8, 4) is 5.75 Å². The Kier molecular flexibility index (Phi) is 9.99. The van der Waals surface area contributed by atoms with Crippen molar-refractivity contribution in [3.63, 3.8) is 0 Å². The van der Waals surface area contributed by atoms with Crippen LogP contribution in [-0.4, -0.2) is 50.9 Å². The molecule has 0 aliphatic carbocycles. The first kappa shape index (κ1) is 30.0. The molecule has 1 atom stereocenters. The number of nitrogens with zero attached hydrogens (tertiary/aromatic N) is 2. The van der Waals surface area contributed by atoms with Gasteiger partial charge in [-0.25, -0.2) is 8.42 Å². The van der Waals surface area contributed by atoms with E-state index in [9.17, 15) is 18.0 Å². The monoisotopic (exact) mass is 571 g/mol. The Morgan fingerprint density at radius 2 is 1.62 bits per heavy atom. The number of aryl methyl sites for hydroxylation is 1. The molecule has 0 saturated carbocycles. The highest BCUT2D eigenvalue weighted by molar-refractivity contribution is 7.92. The van der Waals surface area contributed by atoms with Gasteiger partial charge in [0.1, 0.15) is 18.3 Å². The lowest BCUT2D eigenvalue weighted by molar-refractivity contribution is -0.139. The average Bonchev–Trinajstić information content (AvgIpc) is 2.90. The van der Waals surface area contributed by atoms with Crippen LogP contribution in [0.25, 0.3) is 0 Å². The van der Waals surface area contributed by atoms with Gasteiger partial charge in [-0.05, 0) is 81.8 Å². The minimum atomic E-state index is -4.16. The van der Waals surface area contributed by atoms with Crippen molar-refractivity contribution in [1.82, 2.24) is 10.2 Å². The van der Waals surface area contributed by atoms with Gasteiger partial charge < -0.3 is 15.0 Å². The van der Waals surface area contributed by atoms with E-state index in [-0.39, 0.29) is 23.4 Å². The number of ether oxygens (including phenoxy) is 1. The Morgan fingerprint density at radius 3 is 2.18 bits per heavy atom. The van der Waals surface area contributed by atoms with E-state index in [1.54, 1.807) is 67.6 Å². The van der Waals surface area contributed by atoms with Gasteiger partial charge in [0.2, 0.25) is 11.8 Å². The third-order valence-electron chi connectivity index (χ3n) is 6.09. The number of benzene rings is 3. The van der Waals surface area contributed by atoms with Gasteiger partial charge in [0.05, 0.1) is 17.7 Å². The maximum atomic E-state index is 13.9. The summed E-state index contributed by atoms with van der Waals surface area (Å²) in [4.78, 5) is 28.2. The molecule has 3 rings (SSSR count). The van der Waals surface area contributed by atoms with Gasteiger partial charge in [-0.15, -0.1) is 0 Å². The second-order valence-corrected chi connectivity index (χ2v) is 11.8. The highest BCUT2D eigenvalue weighted by Gasteiger charge is 2.32. The molecule has 1 N–H and O–H groups in total. The topological polar surface area (TPSA) is 96.0 Å². The van der Waals surface area contributed by atoms with Gasteiger partial charge in [0.25, 0.3) is 10.0 Å². The fraction of sp³-hybridized carbons (Fsp3) is 0.310. The largest absolute Gasteiger partial charge is 0.497 e. The van der Waals surface area contributed by atoms with E-state index in [0.29, 0.717) is 22.0 Å². The fourth-order valence-electron chi connectivity index (χ4n) is 3.93. The van der Waals surface area contributed by atoms with Crippen molar-refractivity contribution in [2.45, 2.75) is 51.2 Å². The van der Waals surface area contributed by atoms with Crippen molar-refractivity contribution < 1.29 is 22.7 Å². The molecule has 8 nitrogen and oxygen atoms in total. The number of amides is 2. The normalized spacial score (nSPS) is 12.1. The summed E-state index contributed by atoms with van der Waals surface area (Å²) in [5.41, 5.74) is 1.97. The van der Waals surface area contributed by atoms with E-state index in [1.807, 2.05) is 20.8 Å². The average molecular weight is 572 g/mol. The summed E-state index contributed by atoms with van der Waals surface area (Å²) in [7, 11) is -2.66. The Balaban J connectivity index is 2.03. The van der Waals surface area contributed by atoms with Crippen molar-refractivity contribution in [2.75, 3.05) is 18.0 Å². The van der Waals surface area contributed by atoms with Gasteiger partial charge in [0.15, 0.2) is 0 Å². The summed E-state index contributed by atoms with van der Waals surface area (Å²) in [5, 5.41) is 3.32. The standard InChI is InChI=1S/C29H34ClN3O5S/c1-20(2)31-29(35)22(4)32(18-23-7-6-8-24(30)17-23)28(34)19-33(25-11-9-21(3)10-12-25)39(36,37)27-15-13-26(38-5)14-16-27/h6-17,20,22H,18-19H2,1-5H3,(H,31,35)/t22-/m1/s1. The summed E-state index contributed by atoms with van der Waals surface area (Å²) >= 11 is 6.17. The zero-order chi connectivity index (χ0) is 28.7. The molecule has 0 saturated heterocycles. The van der Waals surface area contributed by atoms with E-state index in [4.69, 9.17) is 16.3 Å². The highest BCUT2D eigenvalue weighted by atomic mass is 35.5. The molecule has 3 aromatic rings. The number of nitrogens with one attached hydrogen (secondary N) is 1. The lowest BCUT2D eigenvalue weighted by atomic mass is 10.1. The van der Waals surface area contributed by atoms with Crippen LogP contribution in [0.15, 0.2) is 77.7 Å². The first-order valence-electron chi connectivity index (χ1n) is 12.5. The van der Waals surface area contributed by atoms with Crippen LogP contribution in [0.4, 0.5) is 5.69 Å². The van der Waals surface area contributed by atoms with Crippen LogP contribution in [0.1, 0.15) is 31.9 Å². The Bertz CT molecular complexity index is 1390. The molecule has 10 heteroatoms. The van der Waals surface area contributed by atoms with Crippen LogP contribution < -0.4 is 14.4 Å². The van der Waals surface area contributed by atoms with Gasteiger partial charge in [0, 0.05) is 17.6 Å². The molecular weight excluding hydrogens is 538 g/mol. The molecule has 0 bridgehead atoms. The highest BCUT2D eigenvalue weighted by Crippen LogP contribution is 2.26. The van der Waals surface area contributed by atoms with Crippen LogP contribution in [0.2, 0.25) is 5.02 Å². The SMILES string of the molecule is COc1ccc(S(=O)(=O)N(CC(=O)N(Cc2cccc(Cl)c2)[C@H](C)C(=O)NC(C)C)c2ccc(C)cc2)cc1. The van der Waals surface area contributed by atoms with E-state index in [2.05, 4.69) is 5.32 Å². The zero-order valence-corrected chi connectivity index (χ0v) is 24.3. The van der Waals surface area contributed by atoms with E-state index < -0.39 is 28.5 Å². The predicted octanol–water partition coefficient (Wildman–Crippen LogP) is 4.79. The molecule has 0 aliphatic heterocycles. The Hall–Kier alpha value is -3.56. The molecule has 39 heavy (non-hydrogen) atoms. The number of hydrogen-bond donors (Lipinski definition) is 1. The maximum absolute atomic E-state index is 13.9. The third-order valence-corrected chi connectivity index (χ3v) is 8.11. The van der Waals surface area contributed by atoms with Gasteiger partial charge in [-0.3, -0.25) is 13.9 Å². The molecule has 0 unspecified atom stereocenters. The smallest absolute Gasteiger partial charge is 0.264 e. The lowest BCUT2D eigenvalue weighted by Crippen LogP contribution is -2.52. The Labute approximate surface area is 235 Å². The van der Waals surface area contributed by atoms with Crippen molar-refractivity contribution in [1.29, 1.82) is 0 Å². The minimum absolute atomic E-state index is 0.00339. The number of anilines is 1. The second-order valence-electron chi connectivity index (χ2n) is 9.51. The van der Waals surface area contributed by atoms with Crippen molar-refractivity contribution in [2.24, 2.45) is 0 Å². The van der Waals surface area contributed by atoms with Crippen LogP contribution >= 0.6 is 11.6 Å². The van der Waals surface area contributed by atoms with Crippen LogP contribution in [0.5, 0.6) is 5.75 Å². The predicted molar refractivity (Wildman–Crippen MR) is 153 cm³/mol. The van der Waals surface area contributed by atoms with Gasteiger partial charge >= 0.3 is 0 Å². The second kappa shape index (κ2) is 13.0. The molecule has 0 radical (unpaired) electrons. The summed E-state index contributed by atoms with van der Waals surface area (Å²) in [6, 6.07) is 18.8. The number of methoxy groups -OCH3 is 1. The summed E-state index contributed by atoms with van der Waals surface area (Å²) in [6.45, 7) is 6.71. The summed E-state index contributed by atoms with van der Waals surface area (Å²) in [6.07, 6.45) is 0. The van der Waals surface area contributed by atoms with E-state index >= 15 is 0 Å². The van der Waals surface area contributed by atoms with Gasteiger partial charge in [-0.2, -0.15) is 0 Å². The minimum Gasteiger partial charge on any atom is -0.497 e. The van der Waals surface area contributed by atoms with Crippen molar-refractivity contribution >= 4 is 39.1 Å². The first-order chi connectivity index (χ1) is 18.4. The molecular formula is C29H34ClN3O5S. The number of carbonyl (C=O) groups excluding carboxylic acids is 2. The van der Waals surface area contributed by atoms with Crippen LogP contribution in [-0.2, 0) is 26.2 Å². The molecule has 0 aromatic heterocycles. The van der Waals surface area contributed by atoms with E-state index in [1.165, 1.54) is 24.1 Å². The molecule has 2 amide bonds. The molecule has 0 heterocycles. The number of rotatable bonds is 11. The number of carbonyl (C=O) groups is 2. The molecule has 0 aliphatic rings. The lowest BCUT2D eigenvalue weighted by Gasteiger charge is -2.32. The first-order valence-corrected chi connectivity index (χ1v) is 14.3. The number of hydrogen-bond acceptors (Lipinski definition) is 5. The number of sulfonamides is 1. The fourth-order valence-corrected chi connectivity index (χ4v) is 5.56. The van der Waals surface area contributed by atoms with Crippen molar-refractivity contribution in [3.05, 3.63) is 88.9 Å². The van der Waals surface area contributed by atoms with E-state index in [0.717, 1.165) is 9.87 Å². The quantitative estimate of drug-likeness (QED) is 0.357. The molecule has 3 aromatic carbocycles. The Morgan fingerprint density at radius 1 is 0.974 bits per heavy atom. The molecule has 0 fully saturated rings. The molecule has 208 valence electrons. The van der Waals surface area contributed by atoms with Crippen LogP contribution in [0.3, 0.4) is 0 Å². The third kappa shape index (κ3) is 7.74. The zero-order valence-electron chi connectivity index (χ0n) is 22.7. The maximum Gasteiger partial charge on any atom is 0.264 e. The molecule has 0 spiro atoms.